The maximum Gasteiger partial charge on any atom is 0.407 e. The quantitative estimate of drug-likeness (QED) is 0.353. The minimum Gasteiger partial charge on any atom is -0.445 e. The maximum atomic E-state index is 11.8. The lowest BCUT2D eigenvalue weighted by Crippen LogP contribution is -2.31. The van der Waals surface area contributed by atoms with E-state index in [-0.39, 0.29) is 36.9 Å². The molecule has 0 aliphatic carbocycles. The van der Waals surface area contributed by atoms with Crippen molar-refractivity contribution in [1.29, 1.82) is 0 Å². The monoisotopic (exact) mass is 372 g/mol. The Hall–Kier alpha value is -3.62. The number of nitrogens with one attached hydrogen (secondary N) is 3. The molecule has 0 radical (unpaired) electrons. The molecular weight excluding hydrogens is 352 g/mol. The van der Waals surface area contributed by atoms with E-state index in [2.05, 4.69) is 16.2 Å². The molecule has 0 saturated heterocycles. The van der Waals surface area contributed by atoms with Gasteiger partial charge < -0.3 is 10.1 Å². The summed E-state index contributed by atoms with van der Waals surface area (Å²) in [5.41, 5.74) is 5.86. The Morgan fingerprint density at radius 3 is 2.48 bits per heavy atom. The molecule has 0 bridgehead atoms. The Morgan fingerprint density at radius 1 is 1.04 bits per heavy atom. The van der Waals surface area contributed by atoms with Crippen LogP contribution in [0.25, 0.3) is 0 Å². The summed E-state index contributed by atoms with van der Waals surface area (Å²) in [4.78, 5) is 33.7. The average molecular weight is 372 g/mol. The lowest BCUT2D eigenvalue weighted by atomic mass is 10.2. The van der Waals surface area contributed by atoms with Gasteiger partial charge in [-0.05, 0) is 18.1 Å². The van der Waals surface area contributed by atoms with Gasteiger partial charge in [-0.3, -0.25) is 25.8 Å². The zero-order valence-electron chi connectivity index (χ0n) is 14.5. The molecule has 9 nitrogen and oxygen atoms in total. The number of benzene rings is 2. The molecule has 2 rings (SSSR count). The minimum absolute atomic E-state index is 0.132. The number of rotatable bonds is 9. The summed E-state index contributed by atoms with van der Waals surface area (Å²) in [7, 11) is 0. The highest BCUT2D eigenvalue weighted by molar-refractivity contribution is 5.78. The zero-order chi connectivity index (χ0) is 19.5. The summed E-state index contributed by atoms with van der Waals surface area (Å²) < 4.78 is 5.05. The third-order valence-corrected chi connectivity index (χ3v) is 3.50. The second-order valence-electron chi connectivity index (χ2n) is 5.54. The van der Waals surface area contributed by atoms with Crippen LogP contribution in [0.4, 0.5) is 16.2 Å². The molecule has 0 heterocycles. The Balaban J connectivity index is 1.61. The predicted molar refractivity (Wildman–Crippen MR) is 98.7 cm³/mol. The van der Waals surface area contributed by atoms with Gasteiger partial charge in [0, 0.05) is 19.0 Å². The largest absolute Gasteiger partial charge is 0.445 e. The lowest BCUT2D eigenvalue weighted by Gasteiger charge is -2.09. The molecule has 2 aromatic rings. The first-order valence-electron chi connectivity index (χ1n) is 8.29. The SMILES string of the molecule is O=C(CCCNC(=O)OCc1ccccc1)NNc1ccccc1[N+](=O)[O-]. The molecule has 142 valence electrons. The summed E-state index contributed by atoms with van der Waals surface area (Å²) in [6.07, 6.45) is -0.0328. The van der Waals surface area contributed by atoms with Crippen LogP contribution in [-0.2, 0) is 16.1 Å². The van der Waals surface area contributed by atoms with Crippen LogP contribution in [0.5, 0.6) is 0 Å². The number of hydrogen-bond donors (Lipinski definition) is 3. The molecule has 2 aromatic carbocycles. The Morgan fingerprint density at radius 2 is 1.74 bits per heavy atom. The first-order chi connectivity index (χ1) is 13.1. The van der Waals surface area contributed by atoms with Gasteiger partial charge in [-0.1, -0.05) is 42.5 Å². The van der Waals surface area contributed by atoms with Crippen LogP contribution in [0.1, 0.15) is 18.4 Å². The second-order valence-corrected chi connectivity index (χ2v) is 5.54. The van der Waals surface area contributed by atoms with E-state index in [4.69, 9.17) is 4.74 Å². The van der Waals surface area contributed by atoms with Crippen LogP contribution in [0.15, 0.2) is 54.6 Å². The minimum atomic E-state index is -0.558. The first-order valence-corrected chi connectivity index (χ1v) is 8.29. The van der Waals surface area contributed by atoms with Crippen molar-refractivity contribution in [2.24, 2.45) is 0 Å². The molecule has 0 fully saturated rings. The van der Waals surface area contributed by atoms with Gasteiger partial charge in [0.05, 0.1) is 4.92 Å². The van der Waals surface area contributed by atoms with E-state index in [1.807, 2.05) is 30.3 Å². The molecule has 27 heavy (non-hydrogen) atoms. The molecule has 0 atom stereocenters. The van der Waals surface area contributed by atoms with Crippen molar-refractivity contribution in [3.63, 3.8) is 0 Å². The standard InChI is InChI=1S/C18H20N4O5/c23-17(21-20-15-9-4-5-10-16(15)22(25)26)11-6-12-19-18(24)27-13-14-7-2-1-3-8-14/h1-5,7-10,20H,6,11-13H2,(H,19,24)(H,21,23). The van der Waals surface area contributed by atoms with E-state index in [1.54, 1.807) is 6.07 Å². The van der Waals surface area contributed by atoms with Gasteiger partial charge in [-0.15, -0.1) is 0 Å². The van der Waals surface area contributed by atoms with E-state index < -0.39 is 11.0 Å². The maximum absolute atomic E-state index is 11.8. The number of nitrogens with zero attached hydrogens (tertiary/aromatic N) is 1. The number of hydrogen-bond acceptors (Lipinski definition) is 6. The van der Waals surface area contributed by atoms with Crippen molar-refractivity contribution in [2.75, 3.05) is 12.0 Å². The van der Waals surface area contributed by atoms with Gasteiger partial charge in [0.25, 0.3) is 5.69 Å². The molecule has 0 unspecified atom stereocenters. The number of para-hydroxylation sites is 2. The first kappa shape index (κ1) is 19.7. The number of anilines is 1. The molecule has 0 aliphatic heterocycles. The fourth-order valence-corrected chi connectivity index (χ4v) is 2.15. The topological polar surface area (TPSA) is 123 Å². The molecular formula is C18H20N4O5. The second kappa shape index (κ2) is 10.4. The highest BCUT2D eigenvalue weighted by Crippen LogP contribution is 2.22. The van der Waals surface area contributed by atoms with Gasteiger partial charge >= 0.3 is 6.09 Å². The summed E-state index contributed by atoms with van der Waals surface area (Å²) in [6.45, 7) is 0.444. The molecule has 0 aromatic heterocycles. The number of nitro groups is 1. The Bertz CT molecular complexity index is 782. The van der Waals surface area contributed by atoms with Crippen LogP contribution < -0.4 is 16.2 Å². The van der Waals surface area contributed by atoms with Gasteiger partial charge in [-0.2, -0.15) is 0 Å². The summed E-state index contributed by atoms with van der Waals surface area (Å²) in [6, 6.07) is 15.3. The van der Waals surface area contributed by atoms with E-state index in [1.165, 1.54) is 18.2 Å². The molecule has 3 N–H and O–H groups in total. The van der Waals surface area contributed by atoms with Crippen LogP contribution >= 0.6 is 0 Å². The number of alkyl carbamates (subject to hydrolysis) is 1. The smallest absolute Gasteiger partial charge is 0.407 e. The van der Waals surface area contributed by atoms with Crippen LogP contribution in [0.2, 0.25) is 0 Å². The van der Waals surface area contributed by atoms with E-state index >= 15 is 0 Å². The van der Waals surface area contributed by atoms with Crippen molar-refractivity contribution in [2.45, 2.75) is 19.4 Å². The van der Waals surface area contributed by atoms with Crippen LogP contribution in [0, 0.1) is 10.1 Å². The highest BCUT2D eigenvalue weighted by Gasteiger charge is 2.12. The van der Waals surface area contributed by atoms with Crippen molar-refractivity contribution in [1.82, 2.24) is 10.7 Å². The number of nitro benzene ring substituents is 1. The normalized spacial score (nSPS) is 9.93. The summed E-state index contributed by atoms with van der Waals surface area (Å²) in [5.74, 6) is -0.354. The van der Waals surface area contributed by atoms with Crippen LogP contribution in [-0.4, -0.2) is 23.5 Å². The third-order valence-electron chi connectivity index (χ3n) is 3.50. The van der Waals surface area contributed by atoms with E-state index in [0.717, 1.165) is 5.56 Å². The van der Waals surface area contributed by atoms with E-state index in [0.29, 0.717) is 6.42 Å². The van der Waals surface area contributed by atoms with Crippen molar-refractivity contribution in [3.8, 4) is 0 Å². The number of carbonyl (C=O) groups is 2. The third kappa shape index (κ3) is 7.02. The van der Waals surface area contributed by atoms with Crippen molar-refractivity contribution in [3.05, 3.63) is 70.3 Å². The summed E-state index contributed by atoms with van der Waals surface area (Å²) >= 11 is 0. The molecule has 0 aliphatic rings. The van der Waals surface area contributed by atoms with E-state index in [9.17, 15) is 19.7 Å². The average Bonchev–Trinajstić information content (AvgIpc) is 2.69. The van der Waals surface area contributed by atoms with Crippen molar-refractivity contribution >= 4 is 23.4 Å². The number of carbonyl (C=O) groups excluding carboxylic acids is 2. The van der Waals surface area contributed by atoms with Gasteiger partial charge in [0.1, 0.15) is 12.3 Å². The molecule has 2 amide bonds. The van der Waals surface area contributed by atoms with Gasteiger partial charge in [-0.25, -0.2) is 4.79 Å². The van der Waals surface area contributed by atoms with Crippen LogP contribution in [0.3, 0.4) is 0 Å². The Kier molecular flexibility index (Phi) is 7.58. The fraction of sp³-hybridized carbons (Fsp3) is 0.222. The molecule has 9 heteroatoms. The molecule has 0 saturated carbocycles. The highest BCUT2D eigenvalue weighted by atomic mass is 16.6. The predicted octanol–water partition coefficient (Wildman–Crippen LogP) is 2.74. The summed E-state index contributed by atoms with van der Waals surface area (Å²) in [5, 5.41) is 13.4. The number of amides is 2. The lowest BCUT2D eigenvalue weighted by molar-refractivity contribution is -0.384. The molecule has 0 spiro atoms. The number of ether oxygens (including phenoxy) is 1. The Labute approximate surface area is 155 Å². The van der Waals surface area contributed by atoms with Gasteiger partial charge in [0.15, 0.2) is 0 Å². The fourth-order valence-electron chi connectivity index (χ4n) is 2.15. The van der Waals surface area contributed by atoms with Crippen molar-refractivity contribution < 1.29 is 19.2 Å². The zero-order valence-corrected chi connectivity index (χ0v) is 14.5. The number of hydrazine groups is 1. The van der Waals surface area contributed by atoms with Gasteiger partial charge in [0.2, 0.25) is 5.91 Å².